The largest absolute Gasteiger partial charge is 0.446 e. The Hall–Kier alpha value is -2.90. The molecular weight excluding hydrogens is 336 g/mol. The lowest BCUT2D eigenvalue weighted by atomic mass is 10.1. The molecule has 0 bridgehead atoms. The number of aromatic nitrogens is 1. The molecule has 7 heteroatoms. The van der Waals surface area contributed by atoms with E-state index in [-0.39, 0.29) is 0 Å². The number of aliphatic hydroxyl groups excluding tert-OH is 2. The molecule has 0 saturated heterocycles. The van der Waals surface area contributed by atoms with Crippen LogP contribution in [-0.2, 0) is 9.53 Å². The molecule has 1 aromatic carbocycles. The van der Waals surface area contributed by atoms with Crippen molar-refractivity contribution >= 4 is 29.3 Å². The van der Waals surface area contributed by atoms with E-state index >= 15 is 0 Å². The summed E-state index contributed by atoms with van der Waals surface area (Å²) in [5.41, 5.74) is 4.20. The van der Waals surface area contributed by atoms with E-state index in [9.17, 15) is 14.7 Å². The third-order valence-corrected chi connectivity index (χ3v) is 4.14. The summed E-state index contributed by atoms with van der Waals surface area (Å²) in [6, 6.07) is 8.91. The fraction of sp³-hybridized carbons (Fsp3) is 0.263. The van der Waals surface area contributed by atoms with Crippen LogP contribution in [0.1, 0.15) is 22.5 Å². The van der Waals surface area contributed by atoms with Crippen LogP contribution in [0.15, 0.2) is 30.3 Å². The van der Waals surface area contributed by atoms with E-state index in [0.29, 0.717) is 16.8 Å². The Morgan fingerprint density at radius 2 is 2.08 bits per heavy atom. The SMILES string of the molecule is Cc1cc(C)c(/C=C2\C(=O)N(C(=O)OCC(O)CO)c3ccccc32)[nH]1. The van der Waals surface area contributed by atoms with Gasteiger partial charge in [-0.05, 0) is 37.6 Å². The van der Waals surface area contributed by atoms with Crippen LogP contribution in [0.5, 0.6) is 0 Å². The Morgan fingerprint density at radius 3 is 2.73 bits per heavy atom. The number of imide groups is 1. The molecule has 0 spiro atoms. The Kier molecular flexibility index (Phi) is 4.92. The average Bonchev–Trinajstić information content (AvgIpc) is 3.09. The fourth-order valence-electron chi connectivity index (χ4n) is 2.89. The van der Waals surface area contributed by atoms with Crippen LogP contribution < -0.4 is 4.90 Å². The number of aromatic amines is 1. The van der Waals surface area contributed by atoms with Crippen LogP contribution in [0.3, 0.4) is 0 Å². The molecule has 1 aliphatic rings. The molecule has 136 valence electrons. The van der Waals surface area contributed by atoms with Gasteiger partial charge in [-0.25, -0.2) is 9.69 Å². The maximum absolute atomic E-state index is 12.9. The highest BCUT2D eigenvalue weighted by Crippen LogP contribution is 2.38. The number of para-hydroxylation sites is 1. The van der Waals surface area contributed by atoms with Gasteiger partial charge < -0.3 is 19.9 Å². The normalized spacial score (nSPS) is 16.1. The summed E-state index contributed by atoms with van der Waals surface area (Å²) < 4.78 is 4.95. The molecule has 0 aliphatic carbocycles. The zero-order valence-electron chi connectivity index (χ0n) is 14.5. The van der Waals surface area contributed by atoms with Crippen molar-refractivity contribution in [3.8, 4) is 0 Å². The topological polar surface area (TPSA) is 103 Å². The molecule has 0 radical (unpaired) electrons. The van der Waals surface area contributed by atoms with Crippen LogP contribution in [0, 0.1) is 13.8 Å². The van der Waals surface area contributed by atoms with Crippen LogP contribution in [-0.4, -0.2) is 46.5 Å². The lowest BCUT2D eigenvalue weighted by Gasteiger charge is -2.16. The molecule has 1 aromatic heterocycles. The van der Waals surface area contributed by atoms with Gasteiger partial charge in [0.15, 0.2) is 0 Å². The first kappa shape index (κ1) is 17.9. The van der Waals surface area contributed by atoms with Crippen molar-refractivity contribution in [3.63, 3.8) is 0 Å². The lowest BCUT2D eigenvalue weighted by Crippen LogP contribution is -2.36. The predicted molar refractivity (Wildman–Crippen MR) is 96.5 cm³/mol. The van der Waals surface area contributed by atoms with Gasteiger partial charge in [-0.1, -0.05) is 18.2 Å². The predicted octanol–water partition coefficient (Wildman–Crippen LogP) is 2.01. The van der Waals surface area contributed by atoms with Gasteiger partial charge in [-0.15, -0.1) is 0 Å². The highest BCUT2D eigenvalue weighted by Gasteiger charge is 2.37. The quantitative estimate of drug-likeness (QED) is 0.727. The molecule has 0 fully saturated rings. The van der Waals surface area contributed by atoms with E-state index in [1.807, 2.05) is 19.9 Å². The van der Waals surface area contributed by atoms with Crippen molar-refractivity contribution in [1.29, 1.82) is 0 Å². The maximum Gasteiger partial charge on any atom is 0.421 e. The molecule has 7 nitrogen and oxygen atoms in total. The number of aliphatic hydroxyl groups is 2. The molecule has 3 rings (SSSR count). The first-order valence-electron chi connectivity index (χ1n) is 8.19. The van der Waals surface area contributed by atoms with Crippen LogP contribution in [0.4, 0.5) is 10.5 Å². The minimum absolute atomic E-state index is 0.380. The van der Waals surface area contributed by atoms with Gasteiger partial charge in [0, 0.05) is 17.0 Å². The molecular formula is C19H20N2O5. The Labute approximate surface area is 150 Å². The summed E-state index contributed by atoms with van der Waals surface area (Å²) in [6.45, 7) is 2.93. The number of hydrogen-bond acceptors (Lipinski definition) is 5. The maximum atomic E-state index is 12.9. The molecule has 0 saturated carbocycles. The van der Waals surface area contributed by atoms with Gasteiger partial charge >= 0.3 is 6.09 Å². The summed E-state index contributed by atoms with van der Waals surface area (Å²) >= 11 is 0. The number of aryl methyl sites for hydroxylation is 2. The zero-order valence-corrected chi connectivity index (χ0v) is 14.5. The first-order valence-corrected chi connectivity index (χ1v) is 8.19. The van der Waals surface area contributed by atoms with Crippen molar-refractivity contribution in [1.82, 2.24) is 4.98 Å². The number of nitrogens with zero attached hydrogens (tertiary/aromatic N) is 1. The van der Waals surface area contributed by atoms with Crippen LogP contribution in [0.25, 0.3) is 11.6 Å². The summed E-state index contributed by atoms with van der Waals surface area (Å²) in [5.74, 6) is -0.499. The van der Waals surface area contributed by atoms with Crippen molar-refractivity contribution in [3.05, 3.63) is 52.8 Å². The van der Waals surface area contributed by atoms with Crippen LogP contribution >= 0.6 is 0 Å². The molecule has 2 aromatic rings. The first-order chi connectivity index (χ1) is 12.4. The van der Waals surface area contributed by atoms with E-state index < -0.39 is 31.3 Å². The molecule has 1 unspecified atom stereocenters. The molecule has 3 N–H and O–H groups in total. The number of carbonyl (C=O) groups excluding carboxylic acids is 2. The van der Waals surface area contributed by atoms with E-state index in [0.717, 1.165) is 21.9 Å². The number of hydrogen-bond donors (Lipinski definition) is 3. The van der Waals surface area contributed by atoms with Crippen molar-refractivity contribution in [2.45, 2.75) is 20.0 Å². The number of H-pyrrole nitrogens is 1. The highest BCUT2D eigenvalue weighted by atomic mass is 16.6. The molecule has 1 aliphatic heterocycles. The van der Waals surface area contributed by atoms with E-state index in [1.54, 1.807) is 30.3 Å². The fourth-order valence-corrected chi connectivity index (χ4v) is 2.89. The lowest BCUT2D eigenvalue weighted by molar-refractivity contribution is -0.112. The Morgan fingerprint density at radius 1 is 1.35 bits per heavy atom. The standard InChI is InChI=1S/C19H20N2O5/c1-11-7-12(2)20-16(11)8-15-14-5-3-4-6-17(14)21(18(15)24)19(25)26-10-13(23)9-22/h3-8,13,20,22-23H,9-10H2,1-2H3/b15-8-. The number of rotatable bonds is 4. The van der Waals surface area contributed by atoms with Gasteiger partial charge in [0.05, 0.1) is 17.9 Å². The summed E-state index contributed by atoms with van der Waals surface area (Å²) in [7, 11) is 0. The monoisotopic (exact) mass is 356 g/mol. The van der Waals surface area contributed by atoms with E-state index in [2.05, 4.69) is 4.98 Å². The number of benzene rings is 1. The second-order valence-electron chi connectivity index (χ2n) is 6.18. The number of fused-ring (bicyclic) bond motifs is 1. The van der Waals surface area contributed by atoms with E-state index in [4.69, 9.17) is 9.84 Å². The molecule has 2 heterocycles. The smallest absolute Gasteiger partial charge is 0.421 e. The number of nitrogens with one attached hydrogen (secondary N) is 1. The van der Waals surface area contributed by atoms with Gasteiger partial charge in [-0.3, -0.25) is 4.79 Å². The highest BCUT2D eigenvalue weighted by molar-refractivity contribution is 6.41. The van der Waals surface area contributed by atoms with Crippen LogP contribution in [0.2, 0.25) is 0 Å². The number of anilines is 1. The van der Waals surface area contributed by atoms with Gasteiger partial charge in [0.1, 0.15) is 12.7 Å². The minimum atomic E-state index is -1.19. The minimum Gasteiger partial charge on any atom is -0.446 e. The van der Waals surface area contributed by atoms with Gasteiger partial charge in [-0.2, -0.15) is 0 Å². The Bertz CT molecular complexity index is 884. The summed E-state index contributed by atoms with van der Waals surface area (Å²) in [6.07, 6.45) is -0.358. The number of amides is 2. The molecule has 26 heavy (non-hydrogen) atoms. The Balaban J connectivity index is 1.96. The average molecular weight is 356 g/mol. The van der Waals surface area contributed by atoms with E-state index in [1.165, 1.54) is 0 Å². The van der Waals surface area contributed by atoms with Gasteiger partial charge in [0.2, 0.25) is 0 Å². The van der Waals surface area contributed by atoms with Crippen molar-refractivity contribution < 1.29 is 24.5 Å². The second-order valence-corrected chi connectivity index (χ2v) is 6.18. The number of carbonyl (C=O) groups is 2. The van der Waals surface area contributed by atoms with Crippen molar-refractivity contribution in [2.24, 2.45) is 0 Å². The third kappa shape index (κ3) is 3.26. The van der Waals surface area contributed by atoms with Crippen molar-refractivity contribution in [2.75, 3.05) is 18.1 Å². The third-order valence-electron chi connectivity index (χ3n) is 4.14. The zero-order chi connectivity index (χ0) is 18.8. The molecule has 1 atom stereocenters. The summed E-state index contributed by atoms with van der Waals surface area (Å²) in [4.78, 5) is 29.4. The molecule has 2 amide bonds. The van der Waals surface area contributed by atoms with Gasteiger partial charge in [0.25, 0.3) is 5.91 Å². The number of ether oxygens (including phenoxy) is 1. The summed E-state index contributed by atoms with van der Waals surface area (Å²) in [5, 5.41) is 18.2. The second kappa shape index (κ2) is 7.15.